The molecule has 1 fully saturated rings. The minimum Gasteiger partial charge on any atom is -0.462 e. The summed E-state index contributed by atoms with van der Waals surface area (Å²) < 4.78 is 11.5. The average Bonchev–Trinajstić information content (AvgIpc) is 2.60. The van der Waals surface area contributed by atoms with Gasteiger partial charge in [0, 0.05) is 17.6 Å². The minimum atomic E-state index is -0.478. The molecule has 0 radical (unpaired) electrons. The third-order valence-corrected chi connectivity index (χ3v) is 5.00. The van der Waals surface area contributed by atoms with E-state index in [-0.39, 0.29) is 12.1 Å². The summed E-state index contributed by atoms with van der Waals surface area (Å²) in [5, 5.41) is 0. The Morgan fingerprint density at radius 2 is 1.62 bits per heavy atom. The Bertz CT molecular complexity index is 679. The van der Waals surface area contributed by atoms with Crippen molar-refractivity contribution in [3.8, 4) is 0 Å². The van der Waals surface area contributed by atoms with Crippen LogP contribution in [-0.4, -0.2) is 42.3 Å². The maximum atomic E-state index is 12.1. The topological polar surface area (TPSA) is 55.8 Å². The van der Waals surface area contributed by atoms with Gasteiger partial charge in [-0.05, 0) is 58.2 Å². The lowest BCUT2D eigenvalue weighted by Gasteiger charge is -2.31. The van der Waals surface area contributed by atoms with Crippen LogP contribution in [0.5, 0.6) is 0 Å². The van der Waals surface area contributed by atoms with Crippen LogP contribution in [0.1, 0.15) is 56.5 Å². The highest BCUT2D eigenvalue weighted by molar-refractivity contribution is 9.15. The van der Waals surface area contributed by atoms with Gasteiger partial charge in [0.2, 0.25) is 0 Å². The molecule has 2 rings (SSSR count). The Morgan fingerprint density at radius 1 is 1.08 bits per heavy atom. The molecule has 1 aromatic rings. The molecule has 6 heteroatoms. The van der Waals surface area contributed by atoms with E-state index in [1.165, 1.54) is 5.57 Å². The van der Waals surface area contributed by atoms with Crippen molar-refractivity contribution < 1.29 is 19.1 Å². The molecule has 0 atom stereocenters. The fourth-order valence-electron chi connectivity index (χ4n) is 2.68. The van der Waals surface area contributed by atoms with Gasteiger partial charge in [0.25, 0.3) is 0 Å². The van der Waals surface area contributed by atoms with E-state index in [1.54, 1.807) is 24.0 Å². The number of amides is 1. The van der Waals surface area contributed by atoms with E-state index in [2.05, 4.69) is 15.9 Å². The fourth-order valence-corrected chi connectivity index (χ4v) is 3.34. The van der Waals surface area contributed by atoms with Crippen LogP contribution < -0.4 is 0 Å². The van der Waals surface area contributed by atoms with Gasteiger partial charge in [0.05, 0.1) is 12.2 Å². The standard InChI is InChI=1S/C20H26BrNO4/c1-5-25-18(23)16-8-6-14(7-9-16)17(21)15-10-12-22(13-11-15)19(24)26-20(2,3)4/h6-9H,5,10-13H2,1-4H3. The summed E-state index contributed by atoms with van der Waals surface area (Å²) in [5.41, 5.74) is 2.34. The molecule has 0 bridgehead atoms. The lowest BCUT2D eigenvalue weighted by atomic mass is 10.0. The zero-order valence-electron chi connectivity index (χ0n) is 15.8. The molecule has 0 unspecified atom stereocenters. The average molecular weight is 424 g/mol. The Morgan fingerprint density at radius 3 is 2.12 bits per heavy atom. The van der Waals surface area contributed by atoms with Gasteiger partial charge < -0.3 is 14.4 Å². The summed E-state index contributed by atoms with van der Waals surface area (Å²) in [5.74, 6) is -0.312. The molecule has 0 aliphatic carbocycles. The van der Waals surface area contributed by atoms with Crippen molar-refractivity contribution in [2.75, 3.05) is 19.7 Å². The SMILES string of the molecule is CCOC(=O)c1ccc(C(Br)=C2CCN(C(=O)OC(C)(C)C)CC2)cc1. The molecule has 1 heterocycles. The molecule has 1 saturated heterocycles. The van der Waals surface area contributed by atoms with Crippen molar-refractivity contribution in [1.82, 2.24) is 4.90 Å². The number of hydrogen-bond donors (Lipinski definition) is 0. The Balaban J connectivity index is 2.01. The molecule has 0 aromatic heterocycles. The van der Waals surface area contributed by atoms with Gasteiger partial charge in [0.15, 0.2) is 0 Å². The number of likely N-dealkylation sites (tertiary alicyclic amines) is 1. The number of ether oxygens (including phenoxy) is 2. The number of carbonyl (C=O) groups excluding carboxylic acids is 2. The van der Waals surface area contributed by atoms with Crippen molar-refractivity contribution >= 4 is 32.5 Å². The fraction of sp³-hybridized carbons (Fsp3) is 0.500. The van der Waals surface area contributed by atoms with Crippen LogP contribution in [0.4, 0.5) is 4.79 Å². The summed E-state index contributed by atoms with van der Waals surface area (Å²) in [6.45, 7) is 9.05. The van der Waals surface area contributed by atoms with Crippen molar-refractivity contribution in [2.24, 2.45) is 0 Å². The van der Waals surface area contributed by atoms with Gasteiger partial charge in [-0.25, -0.2) is 9.59 Å². The van der Waals surface area contributed by atoms with Crippen LogP contribution in [-0.2, 0) is 9.47 Å². The van der Waals surface area contributed by atoms with Crippen molar-refractivity contribution in [3.05, 3.63) is 41.0 Å². The van der Waals surface area contributed by atoms with Crippen LogP contribution in [0, 0.1) is 0 Å². The largest absolute Gasteiger partial charge is 0.462 e. The zero-order valence-corrected chi connectivity index (χ0v) is 17.4. The van der Waals surface area contributed by atoms with Gasteiger partial charge >= 0.3 is 12.1 Å². The van der Waals surface area contributed by atoms with Crippen LogP contribution in [0.2, 0.25) is 0 Å². The number of piperidine rings is 1. The third-order valence-electron chi connectivity index (χ3n) is 3.98. The van der Waals surface area contributed by atoms with Crippen LogP contribution in [0.15, 0.2) is 29.8 Å². The van der Waals surface area contributed by atoms with Crippen molar-refractivity contribution in [1.29, 1.82) is 0 Å². The molecule has 1 amide bonds. The molecular formula is C20H26BrNO4. The molecular weight excluding hydrogens is 398 g/mol. The maximum absolute atomic E-state index is 12.1. The Kier molecular flexibility index (Phi) is 6.87. The normalized spacial score (nSPS) is 14.8. The highest BCUT2D eigenvalue weighted by Gasteiger charge is 2.25. The number of rotatable bonds is 3. The van der Waals surface area contributed by atoms with Crippen LogP contribution >= 0.6 is 15.9 Å². The van der Waals surface area contributed by atoms with Gasteiger partial charge in [-0.3, -0.25) is 0 Å². The van der Waals surface area contributed by atoms with E-state index in [9.17, 15) is 9.59 Å². The van der Waals surface area contributed by atoms with E-state index in [0.29, 0.717) is 25.3 Å². The molecule has 1 aliphatic rings. The first-order valence-corrected chi connectivity index (χ1v) is 9.63. The smallest absolute Gasteiger partial charge is 0.410 e. The zero-order chi connectivity index (χ0) is 19.3. The molecule has 142 valence electrons. The molecule has 0 saturated carbocycles. The lowest BCUT2D eigenvalue weighted by Crippen LogP contribution is -2.40. The van der Waals surface area contributed by atoms with Crippen molar-refractivity contribution in [3.63, 3.8) is 0 Å². The van der Waals surface area contributed by atoms with E-state index in [1.807, 2.05) is 32.9 Å². The first-order valence-electron chi connectivity index (χ1n) is 8.84. The summed E-state index contributed by atoms with van der Waals surface area (Å²) >= 11 is 3.67. The summed E-state index contributed by atoms with van der Waals surface area (Å²) in [6.07, 6.45) is 1.32. The predicted octanol–water partition coefficient (Wildman–Crippen LogP) is 5.00. The van der Waals surface area contributed by atoms with Gasteiger partial charge in [-0.2, -0.15) is 0 Å². The second-order valence-electron chi connectivity index (χ2n) is 7.18. The molecule has 0 N–H and O–H groups in total. The van der Waals surface area contributed by atoms with E-state index >= 15 is 0 Å². The van der Waals surface area contributed by atoms with E-state index in [4.69, 9.17) is 9.47 Å². The number of halogens is 1. The summed E-state index contributed by atoms with van der Waals surface area (Å²) in [7, 11) is 0. The second-order valence-corrected chi connectivity index (χ2v) is 7.98. The maximum Gasteiger partial charge on any atom is 0.410 e. The quantitative estimate of drug-likeness (QED) is 0.641. The van der Waals surface area contributed by atoms with Gasteiger partial charge in [-0.1, -0.05) is 33.6 Å². The monoisotopic (exact) mass is 423 g/mol. The lowest BCUT2D eigenvalue weighted by molar-refractivity contribution is 0.0236. The highest BCUT2D eigenvalue weighted by atomic mass is 79.9. The number of carbonyl (C=O) groups is 2. The van der Waals surface area contributed by atoms with Crippen LogP contribution in [0.3, 0.4) is 0 Å². The van der Waals surface area contributed by atoms with Crippen LogP contribution in [0.25, 0.3) is 4.48 Å². The van der Waals surface area contributed by atoms with Crippen molar-refractivity contribution in [2.45, 2.75) is 46.1 Å². The first-order chi connectivity index (χ1) is 12.2. The van der Waals surface area contributed by atoms with E-state index < -0.39 is 5.60 Å². The Hall–Kier alpha value is -1.82. The first kappa shape index (κ1) is 20.5. The number of hydrogen-bond acceptors (Lipinski definition) is 4. The van der Waals surface area contributed by atoms with E-state index in [0.717, 1.165) is 22.9 Å². The highest BCUT2D eigenvalue weighted by Crippen LogP contribution is 2.32. The van der Waals surface area contributed by atoms with Gasteiger partial charge in [0.1, 0.15) is 5.60 Å². The molecule has 1 aliphatic heterocycles. The predicted molar refractivity (Wildman–Crippen MR) is 105 cm³/mol. The Labute approximate surface area is 163 Å². The number of benzene rings is 1. The molecule has 5 nitrogen and oxygen atoms in total. The summed E-state index contributed by atoms with van der Waals surface area (Å²) in [4.78, 5) is 25.6. The minimum absolute atomic E-state index is 0.258. The molecule has 1 aromatic carbocycles. The molecule has 0 spiro atoms. The third kappa shape index (κ3) is 5.59. The molecule has 26 heavy (non-hydrogen) atoms. The number of esters is 1. The second kappa shape index (κ2) is 8.71. The van der Waals surface area contributed by atoms with Gasteiger partial charge in [-0.15, -0.1) is 0 Å². The summed E-state index contributed by atoms with van der Waals surface area (Å²) in [6, 6.07) is 7.35. The number of nitrogens with zero attached hydrogens (tertiary/aromatic N) is 1.